The molecule has 2 fully saturated rings. The van der Waals surface area contributed by atoms with Crippen molar-refractivity contribution < 1.29 is 9.59 Å². The van der Waals surface area contributed by atoms with E-state index in [0.29, 0.717) is 13.0 Å². The molecule has 0 unspecified atom stereocenters. The molecule has 1 N–H and O–H groups in total. The molecule has 27 heavy (non-hydrogen) atoms. The number of anilines is 1. The normalized spacial score (nSPS) is 20.6. The molecule has 7 nitrogen and oxygen atoms in total. The highest BCUT2D eigenvalue weighted by molar-refractivity contribution is 5.89. The van der Waals surface area contributed by atoms with Gasteiger partial charge < -0.3 is 15.1 Å². The van der Waals surface area contributed by atoms with Gasteiger partial charge in [-0.2, -0.15) is 5.10 Å². The van der Waals surface area contributed by atoms with Gasteiger partial charge in [0, 0.05) is 50.2 Å². The van der Waals surface area contributed by atoms with E-state index < -0.39 is 0 Å². The first-order valence-corrected chi connectivity index (χ1v) is 9.66. The van der Waals surface area contributed by atoms with Gasteiger partial charge in [-0.3, -0.25) is 4.79 Å². The first-order valence-electron chi connectivity index (χ1n) is 9.66. The topological polar surface area (TPSA) is 70.5 Å². The third-order valence-corrected chi connectivity index (χ3v) is 5.42. The maximum absolute atomic E-state index is 12.6. The standard InChI is InChI=1S/C20H25N5O2/c26-19-5-2-13-24(19)17-4-1-12-23(15-10-17)20(27)22-16-6-8-18(9-7-16)25-14-3-11-21-25/h3,6-9,11,14,17H,1-2,4-5,10,12-13,15H2,(H,22,27)/t17-/m0/s1. The third kappa shape index (κ3) is 3.97. The Kier molecular flexibility index (Phi) is 5.09. The summed E-state index contributed by atoms with van der Waals surface area (Å²) in [4.78, 5) is 28.5. The Morgan fingerprint density at radius 2 is 1.93 bits per heavy atom. The number of rotatable bonds is 3. The van der Waals surface area contributed by atoms with E-state index in [4.69, 9.17) is 0 Å². The van der Waals surface area contributed by atoms with Gasteiger partial charge in [0.1, 0.15) is 0 Å². The Hall–Kier alpha value is -2.83. The molecule has 2 saturated heterocycles. The molecule has 0 radical (unpaired) electrons. The van der Waals surface area contributed by atoms with Crippen LogP contribution in [0.4, 0.5) is 10.5 Å². The zero-order valence-corrected chi connectivity index (χ0v) is 15.4. The van der Waals surface area contributed by atoms with Crippen molar-refractivity contribution in [3.8, 4) is 5.69 Å². The largest absolute Gasteiger partial charge is 0.340 e. The van der Waals surface area contributed by atoms with Gasteiger partial charge in [-0.15, -0.1) is 0 Å². The van der Waals surface area contributed by atoms with Crippen LogP contribution in [0, 0.1) is 0 Å². The lowest BCUT2D eigenvalue weighted by Crippen LogP contribution is -2.38. The number of carbonyl (C=O) groups is 2. The Balaban J connectivity index is 1.33. The number of likely N-dealkylation sites (tertiary alicyclic amines) is 2. The molecule has 2 aromatic rings. The molecule has 2 aliphatic heterocycles. The molecule has 4 rings (SSSR count). The monoisotopic (exact) mass is 367 g/mol. The Morgan fingerprint density at radius 1 is 1.07 bits per heavy atom. The maximum atomic E-state index is 12.6. The minimum absolute atomic E-state index is 0.0739. The molecule has 0 aliphatic carbocycles. The lowest BCUT2D eigenvalue weighted by atomic mass is 10.1. The van der Waals surface area contributed by atoms with Gasteiger partial charge in [0.25, 0.3) is 0 Å². The van der Waals surface area contributed by atoms with E-state index in [1.807, 2.05) is 46.3 Å². The Labute approximate surface area is 158 Å². The smallest absolute Gasteiger partial charge is 0.321 e. The first kappa shape index (κ1) is 17.6. The van der Waals surface area contributed by atoms with Crippen molar-refractivity contribution >= 4 is 17.6 Å². The average molecular weight is 367 g/mol. The Morgan fingerprint density at radius 3 is 2.63 bits per heavy atom. The van der Waals surface area contributed by atoms with Crippen LogP contribution in [0.3, 0.4) is 0 Å². The van der Waals surface area contributed by atoms with Gasteiger partial charge in [0.05, 0.1) is 5.69 Å². The summed E-state index contributed by atoms with van der Waals surface area (Å²) in [5.41, 5.74) is 1.72. The van der Waals surface area contributed by atoms with Crippen LogP contribution in [0.1, 0.15) is 32.1 Å². The fourth-order valence-corrected chi connectivity index (χ4v) is 3.97. The van der Waals surface area contributed by atoms with Crippen molar-refractivity contribution in [2.75, 3.05) is 25.0 Å². The molecule has 0 bridgehead atoms. The summed E-state index contributed by atoms with van der Waals surface area (Å²) in [7, 11) is 0. The quantitative estimate of drug-likeness (QED) is 0.907. The van der Waals surface area contributed by atoms with Crippen molar-refractivity contribution in [1.82, 2.24) is 19.6 Å². The molecule has 1 aromatic heterocycles. The molecule has 3 amide bonds. The van der Waals surface area contributed by atoms with Crippen LogP contribution in [0.15, 0.2) is 42.7 Å². The highest BCUT2D eigenvalue weighted by Gasteiger charge is 2.30. The van der Waals surface area contributed by atoms with Gasteiger partial charge in [-0.25, -0.2) is 9.48 Å². The fraction of sp³-hybridized carbons (Fsp3) is 0.450. The van der Waals surface area contributed by atoms with Crippen molar-refractivity contribution in [3.63, 3.8) is 0 Å². The van der Waals surface area contributed by atoms with Crippen molar-refractivity contribution in [2.24, 2.45) is 0 Å². The van der Waals surface area contributed by atoms with E-state index in [1.165, 1.54) is 0 Å². The minimum atomic E-state index is -0.0739. The number of amides is 3. The molecule has 2 aliphatic rings. The highest BCUT2D eigenvalue weighted by Crippen LogP contribution is 2.23. The molecule has 1 aromatic carbocycles. The predicted octanol–water partition coefficient (Wildman–Crippen LogP) is 2.88. The van der Waals surface area contributed by atoms with E-state index in [0.717, 1.165) is 50.1 Å². The minimum Gasteiger partial charge on any atom is -0.340 e. The molecule has 0 spiro atoms. The van der Waals surface area contributed by atoms with Crippen LogP contribution < -0.4 is 5.32 Å². The summed E-state index contributed by atoms with van der Waals surface area (Å²) < 4.78 is 1.78. The average Bonchev–Trinajstić information content (AvgIpc) is 3.29. The SMILES string of the molecule is O=C(Nc1ccc(-n2cccn2)cc1)N1CCC[C@H](N2CCCC2=O)CC1. The molecular formula is C20H25N5O2. The van der Waals surface area contributed by atoms with Crippen molar-refractivity contribution in [2.45, 2.75) is 38.1 Å². The summed E-state index contributed by atoms with van der Waals surface area (Å²) in [6.45, 7) is 2.29. The number of nitrogens with one attached hydrogen (secondary N) is 1. The summed E-state index contributed by atoms with van der Waals surface area (Å²) >= 11 is 0. The first-order chi connectivity index (χ1) is 13.2. The van der Waals surface area contributed by atoms with Crippen molar-refractivity contribution in [3.05, 3.63) is 42.7 Å². The van der Waals surface area contributed by atoms with Crippen molar-refractivity contribution in [1.29, 1.82) is 0 Å². The third-order valence-electron chi connectivity index (χ3n) is 5.42. The molecular weight excluding hydrogens is 342 g/mol. The number of hydrogen-bond acceptors (Lipinski definition) is 3. The summed E-state index contributed by atoms with van der Waals surface area (Å²) in [6, 6.07) is 9.72. The number of urea groups is 1. The van der Waals surface area contributed by atoms with E-state index in [-0.39, 0.29) is 18.0 Å². The van der Waals surface area contributed by atoms with Gasteiger partial charge in [0.2, 0.25) is 5.91 Å². The van der Waals surface area contributed by atoms with E-state index in [2.05, 4.69) is 10.4 Å². The summed E-state index contributed by atoms with van der Waals surface area (Å²) in [5.74, 6) is 0.273. The van der Waals surface area contributed by atoms with E-state index in [9.17, 15) is 9.59 Å². The fourth-order valence-electron chi connectivity index (χ4n) is 3.97. The Bertz CT molecular complexity index is 787. The second-order valence-corrected chi connectivity index (χ2v) is 7.19. The number of hydrogen-bond donors (Lipinski definition) is 1. The van der Waals surface area contributed by atoms with Crippen LogP contribution >= 0.6 is 0 Å². The van der Waals surface area contributed by atoms with E-state index in [1.54, 1.807) is 10.9 Å². The van der Waals surface area contributed by atoms with Crippen LogP contribution in [0.25, 0.3) is 5.69 Å². The number of aromatic nitrogens is 2. The zero-order chi connectivity index (χ0) is 18.6. The van der Waals surface area contributed by atoms with Gasteiger partial charge in [-0.05, 0) is 56.0 Å². The van der Waals surface area contributed by atoms with Gasteiger partial charge >= 0.3 is 6.03 Å². The number of benzene rings is 1. The molecule has 1 atom stereocenters. The second kappa shape index (κ2) is 7.82. The summed E-state index contributed by atoms with van der Waals surface area (Å²) in [6.07, 6.45) is 8.03. The highest BCUT2D eigenvalue weighted by atomic mass is 16.2. The summed E-state index contributed by atoms with van der Waals surface area (Å²) in [5, 5.41) is 7.18. The van der Waals surface area contributed by atoms with Crippen LogP contribution in [-0.4, -0.2) is 57.2 Å². The van der Waals surface area contributed by atoms with E-state index >= 15 is 0 Å². The zero-order valence-electron chi connectivity index (χ0n) is 15.4. The van der Waals surface area contributed by atoms with Crippen LogP contribution in [0.2, 0.25) is 0 Å². The maximum Gasteiger partial charge on any atom is 0.321 e. The van der Waals surface area contributed by atoms with Crippen LogP contribution in [0.5, 0.6) is 0 Å². The predicted molar refractivity (Wildman–Crippen MR) is 103 cm³/mol. The molecule has 7 heteroatoms. The lowest BCUT2D eigenvalue weighted by molar-refractivity contribution is -0.129. The van der Waals surface area contributed by atoms with Gasteiger partial charge in [-0.1, -0.05) is 0 Å². The lowest BCUT2D eigenvalue weighted by Gasteiger charge is -2.27. The van der Waals surface area contributed by atoms with Crippen LogP contribution in [-0.2, 0) is 4.79 Å². The molecule has 3 heterocycles. The molecule has 142 valence electrons. The van der Waals surface area contributed by atoms with Gasteiger partial charge in [0.15, 0.2) is 0 Å². The molecule has 0 saturated carbocycles. The number of carbonyl (C=O) groups excluding carboxylic acids is 2. The second-order valence-electron chi connectivity index (χ2n) is 7.19. The number of nitrogens with zero attached hydrogens (tertiary/aromatic N) is 4.